The van der Waals surface area contributed by atoms with Gasteiger partial charge in [0, 0.05) is 18.6 Å². The fourth-order valence-electron chi connectivity index (χ4n) is 1.84. The maximum absolute atomic E-state index is 11.6. The Kier molecular flexibility index (Phi) is 4.53. The van der Waals surface area contributed by atoms with Gasteiger partial charge in [-0.1, -0.05) is 11.3 Å². The number of carbonyl (C=O) groups is 1. The average molecular weight is 310 g/mol. The van der Waals surface area contributed by atoms with Gasteiger partial charge in [-0.15, -0.1) is 5.10 Å². The summed E-state index contributed by atoms with van der Waals surface area (Å²) in [6, 6.07) is 9.05. The normalized spacial score (nSPS) is 10.3. The minimum absolute atomic E-state index is 0.121. The Morgan fingerprint density at radius 3 is 2.78 bits per heavy atom. The molecule has 3 aromatic heterocycles. The zero-order chi connectivity index (χ0) is 15.9. The molecule has 1 N–H and O–H groups in total. The van der Waals surface area contributed by atoms with Gasteiger partial charge in [-0.3, -0.25) is 9.97 Å². The molecular weight excluding hydrogens is 296 g/mol. The molecule has 1 amide bonds. The van der Waals surface area contributed by atoms with Crippen molar-refractivity contribution in [3.63, 3.8) is 0 Å². The van der Waals surface area contributed by atoms with Crippen LogP contribution in [0.4, 0.5) is 4.79 Å². The Bertz CT molecular complexity index is 760. The molecule has 0 aromatic carbocycles. The fourth-order valence-corrected chi connectivity index (χ4v) is 1.84. The first kappa shape index (κ1) is 14.6. The summed E-state index contributed by atoms with van der Waals surface area (Å²) in [5, 5.41) is 10.6. The molecule has 3 rings (SSSR count). The molecule has 116 valence electrons. The lowest BCUT2D eigenvalue weighted by atomic mass is 10.4. The van der Waals surface area contributed by atoms with Gasteiger partial charge >= 0.3 is 6.09 Å². The van der Waals surface area contributed by atoms with Crippen LogP contribution in [0.1, 0.15) is 11.4 Å². The van der Waals surface area contributed by atoms with Crippen molar-refractivity contribution >= 4 is 6.09 Å². The van der Waals surface area contributed by atoms with Crippen LogP contribution >= 0.6 is 0 Å². The van der Waals surface area contributed by atoms with E-state index in [4.69, 9.17) is 4.74 Å². The first-order valence-electron chi connectivity index (χ1n) is 6.93. The summed E-state index contributed by atoms with van der Waals surface area (Å²) in [4.78, 5) is 19.7. The van der Waals surface area contributed by atoms with Crippen molar-refractivity contribution in [1.82, 2.24) is 30.3 Å². The third-order valence-corrected chi connectivity index (χ3v) is 2.96. The smallest absolute Gasteiger partial charge is 0.407 e. The van der Waals surface area contributed by atoms with Crippen molar-refractivity contribution in [1.29, 1.82) is 0 Å². The van der Waals surface area contributed by atoms with Gasteiger partial charge in [0.2, 0.25) is 0 Å². The SMILES string of the molecule is O=C(NCc1cn(-c2ccncc2)nn1)OCc1ccccn1. The van der Waals surface area contributed by atoms with Gasteiger partial charge in [-0.2, -0.15) is 0 Å². The molecule has 0 aliphatic carbocycles. The van der Waals surface area contributed by atoms with E-state index in [9.17, 15) is 4.79 Å². The third-order valence-electron chi connectivity index (χ3n) is 2.96. The molecule has 23 heavy (non-hydrogen) atoms. The number of rotatable bonds is 5. The summed E-state index contributed by atoms with van der Waals surface area (Å²) in [6.07, 6.45) is 6.19. The summed E-state index contributed by atoms with van der Waals surface area (Å²) >= 11 is 0. The second-order valence-electron chi connectivity index (χ2n) is 4.61. The van der Waals surface area contributed by atoms with Crippen LogP contribution in [0.25, 0.3) is 5.69 Å². The van der Waals surface area contributed by atoms with Gasteiger partial charge in [0.15, 0.2) is 0 Å². The van der Waals surface area contributed by atoms with Crippen LogP contribution in [0.15, 0.2) is 55.1 Å². The predicted molar refractivity (Wildman–Crippen MR) is 80.4 cm³/mol. The molecule has 0 radical (unpaired) electrons. The molecule has 3 heterocycles. The number of hydrogen-bond acceptors (Lipinski definition) is 6. The van der Waals surface area contributed by atoms with Crippen LogP contribution in [0, 0.1) is 0 Å². The molecule has 0 saturated heterocycles. The van der Waals surface area contributed by atoms with E-state index in [-0.39, 0.29) is 13.2 Å². The number of nitrogens with zero attached hydrogens (tertiary/aromatic N) is 5. The minimum atomic E-state index is -0.533. The molecule has 0 saturated carbocycles. The molecule has 8 heteroatoms. The molecule has 3 aromatic rings. The Morgan fingerprint density at radius 1 is 1.13 bits per heavy atom. The molecule has 0 aliphatic rings. The van der Waals surface area contributed by atoms with Crippen molar-refractivity contribution in [2.75, 3.05) is 0 Å². The van der Waals surface area contributed by atoms with Crippen LogP contribution in [0.3, 0.4) is 0 Å². The predicted octanol–water partition coefficient (Wildman–Crippen LogP) is 1.48. The Morgan fingerprint density at radius 2 is 2.00 bits per heavy atom. The van der Waals surface area contributed by atoms with Gasteiger partial charge < -0.3 is 10.1 Å². The van der Waals surface area contributed by atoms with Crippen LogP contribution in [0.2, 0.25) is 0 Å². The zero-order valence-corrected chi connectivity index (χ0v) is 12.2. The van der Waals surface area contributed by atoms with E-state index in [0.717, 1.165) is 5.69 Å². The van der Waals surface area contributed by atoms with Crippen molar-refractivity contribution in [2.24, 2.45) is 0 Å². The highest BCUT2D eigenvalue weighted by molar-refractivity contribution is 5.67. The van der Waals surface area contributed by atoms with Crippen molar-refractivity contribution in [3.8, 4) is 5.69 Å². The van der Waals surface area contributed by atoms with E-state index in [1.54, 1.807) is 41.6 Å². The van der Waals surface area contributed by atoms with Gasteiger partial charge in [0.05, 0.1) is 24.1 Å². The second kappa shape index (κ2) is 7.12. The molecule has 8 nitrogen and oxygen atoms in total. The van der Waals surface area contributed by atoms with E-state index in [0.29, 0.717) is 11.4 Å². The molecule has 0 fully saturated rings. The van der Waals surface area contributed by atoms with Crippen molar-refractivity contribution in [2.45, 2.75) is 13.2 Å². The second-order valence-corrected chi connectivity index (χ2v) is 4.61. The fraction of sp³-hybridized carbons (Fsp3) is 0.133. The number of pyridine rings is 2. The number of alkyl carbamates (subject to hydrolysis) is 1. The zero-order valence-electron chi connectivity index (χ0n) is 12.2. The average Bonchev–Trinajstić information content (AvgIpc) is 3.09. The first-order valence-corrected chi connectivity index (χ1v) is 6.93. The maximum atomic E-state index is 11.6. The Hall–Kier alpha value is -3.29. The van der Waals surface area contributed by atoms with Crippen LogP contribution < -0.4 is 5.32 Å². The highest BCUT2D eigenvalue weighted by Crippen LogP contribution is 2.04. The molecule has 0 spiro atoms. The minimum Gasteiger partial charge on any atom is -0.443 e. The number of aromatic nitrogens is 5. The largest absolute Gasteiger partial charge is 0.443 e. The van der Waals surface area contributed by atoms with E-state index in [1.165, 1.54) is 0 Å². The topological polar surface area (TPSA) is 94.8 Å². The summed E-state index contributed by atoms with van der Waals surface area (Å²) in [6.45, 7) is 0.350. The summed E-state index contributed by atoms with van der Waals surface area (Å²) in [5.74, 6) is 0. The van der Waals surface area contributed by atoms with Gasteiger partial charge in [0.25, 0.3) is 0 Å². The lowest BCUT2D eigenvalue weighted by Gasteiger charge is -2.04. The monoisotopic (exact) mass is 310 g/mol. The van der Waals surface area contributed by atoms with Crippen molar-refractivity contribution in [3.05, 3.63) is 66.5 Å². The van der Waals surface area contributed by atoms with E-state index in [1.807, 2.05) is 18.2 Å². The number of carbonyl (C=O) groups excluding carboxylic acids is 1. The van der Waals surface area contributed by atoms with Gasteiger partial charge in [0.1, 0.15) is 12.3 Å². The number of hydrogen-bond donors (Lipinski definition) is 1. The Balaban J connectivity index is 1.49. The molecule has 0 atom stereocenters. The van der Waals surface area contributed by atoms with Crippen LogP contribution in [-0.4, -0.2) is 31.1 Å². The Labute approximate surface area is 132 Å². The van der Waals surface area contributed by atoms with E-state index < -0.39 is 6.09 Å². The number of ether oxygens (including phenoxy) is 1. The number of nitrogens with one attached hydrogen (secondary N) is 1. The van der Waals surface area contributed by atoms with Gasteiger partial charge in [-0.25, -0.2) is 9.48 Å². The highest BCUT2D eigenvalue weighted by atomic mass is 16.5. The summed E-state index contributed by atoms with van der Waals surface area (Å²) in [5.41, 5.74) is 2.15. The maximum Gasteiger partial charge on any atom is 0.407 e. The van der Waals surface area contributed by atoms with Crippen LogP contribution in [-0.2, 0) is 17.9 Å². The first-order chi connectivity index (χ1) is 11.3. The molecule has 0 aliphatic heterocycles. The summed E-state index contributed by atoms with van der Waals surface area (Å²) < 4.78 is 6.67. The third kappa shape index (κ3) is 4.10. The van der Waals surface area contributed by atoms with E-state index >= 15 is 0 Å². The molecule has 0 unspecified atom stereocenters. The molecule has 0 bridgehead atoms. The van der Waals surface area contributed by atoms with E-state index in [2.05, 4.69) is 25.6 Å². The molecular formula is C15H14N6O2. The lowest BCUT2D eigenvalue weighted by molar-refractivity contribution is 0.137. The van der Waals surface area contributed by atoms with Gasteiger partial charge in [-0.05, 0) is 24.3 Å². The quantitative estimate of drug-likeness (QED) is 0.767. The van der Waals surface area contributed by atoms with Crippen LogP contribution in [0.5, 0.6) is 0 Å². The van der Waals surface area contributed by atoms with Crippen molar-refractivity contribution < 1.29 is 9.53 Å². The standard InChI is InChI=1S/C15H14N6O2/c22-15(23-11-12-3-1-2-6-17-12)18-9-13-10-21(20-19-13)14-4-7-16-8-5-14/h1-8,10H,9,11H2,(H,18,22). The lowest BCUT2D eigenvalue weighted by Crippen LogP contribution is -2.23. The summed E-state index contributed by atoms with van der Waals surface area (Å²) in [7, 11) is 0. The number of amides is 1. The highest BCUT2D eigenvalue weighted by Gasteiger charge is 2.06.